The van der Waals surface area contributed by atoms with Gasteiger partial charge >= 0.3 is 0 Å². The molecule has 0 saturated heterocycles. The predicted molar refractivity (Wildman–Crippen MR) is 78.8 cm³/mol. The van der Waals surface area contributed by atoms with Gasteiger partial charge in [0.1, 0.15) is 0 Å². The van der Waals surface area contributed by atoms with Gasteiger partial charge in [0.05, 0.1) is 6.54 Å². The van der Waals surface area contributed by atoms with Crippen molar-refractivity contribution >= 4 is 23.2 Å². The monoisotopic (exact) mass is 284 g/mol. The van der Waals surface area contributed by atoms with Crippen molar-refractivity contribution in [3.8, 4) is 0 Å². The topological polar surface area (TPSA) is 50.4 Å². The Bertz CT molecular complexity index is 424. The quantitative estimate of drug-likeness (QED) is 0.809. The number of hydrogen-bond acceptors (Lipinski definition) is 3. The Balaban J connectivity index is 2.40. The molecule has 0 heterocycles. The minimum absolute atomic E-state index is 0.0744. The lowest BCUT2D eigenvalue weighted by Crippen LogP contribution is -2.35. The molecule has 1 amide bonds. The van der Waals surface area contributed by atoms with Crippen LogP contribution in [0, 0.1) is 6.92 Å². The summed E-state index contributed by atoms with van der Waals surface area (Å²) < 4.78 is 4.99. The van der Waals surface area contributed by atoms with Gasteiger partial charge in [0.25, 0.3) is 0 Å². The highest BCUT2D eigenvalue weighted by Crippen LogP contribution is 2.19. The van der Waals surface area contributed by atoms with Crippen LogP contribution in [0.3, 0.4) is 0 Å². The van der Waals surface area contributed by atoms with Gasteiger partial charge in [0.2, 0.25) is 5.91 Å². The number of nitrogens with one attached hydrogen (secondary N) is 2. The van der Waals surface area contributed by atoms with E-state index in [0.29, 0.717) is 11.6 Å². The van der Waals surface area contributed by atoms with Crippen molar-refractivity contribution in [3.05, 3.63) is 28.8 Å². The second-order valence-electron chi connectivity index (χ2n) is 4.57. The van der Waals surface area contributed by atoms with E-state index in [4.69, 9.17) is 16.3 Å². The summed E-state index contributed by atoms with van der Waals surface area (Å²) >= 11 is 5.90. The summed E-state index contributed by atoms with van der Waals surface area (Å²) in [6.07, 6.45) is 0.875. The van der Waals surface area contributed by atoms with Crippen molar-refractivity contribution in [1.29, 1.82) is 0 Å². The molecular weight excluding hydrogens is 264 g/mol. The van der Waals surface area contributed by atoms with Crippen molar-refractivity contribution in [2.75, 3.05) is 25.6 Å². The highest BCUT2D eigenvalue weighted by atomic mass is 35.5. The van der Waals surface area contributed by atoms with Gasteiger partial charge in [0, 0.05) is 30.5 Å². The molecular formula is C14H21ClN2O2. The average Bonchev–Trinajstić information content (AvgIpc) is 2.38. The molecule has 0 bridgehead atoms. The minimum Gasteiger partial charge on any atom is -0.385 e. The third-order valence-electron chi connectivity index (χ3n) is 2.84. The van der Waals surface area contributed by atoms with Crippen molar-refractivity contribution < 1.29 is 9.53 Å². The molecule has 5 heteroatoms. The van der Waals surface area contributed by atoms with Crippen molar-refractivity contribution in [1.82, 2.24) is 5.32 Å². The third-order valence-corrected chi connectivity index (χ3v) is 3.07. The number of carbonyl (C=O) groups excluding carboxylic acids is 1. The zero-order valence-electron chi connectivity index (χ0n) is 11.6. The van der Waals surface area contributed by atoms with E-state index >= 15 is 0 Å². The fourth-order valence-corrected chi connectivity index (χ4v) is 1.76. The van der Waals surface area contributed by atoms with E-state index in [1.54, 1.807) is 19.2 Å². The van der Waals surface area contributed by atoms with E-state index < -0.39 is 0 Å². The number of rotatable bonds is 7. The molecule has 0 spiro atoms. The average molecular weight is 285 g/mol. The van der Waals surface area contributed by atoms with E-state index in [0.717, 1.165) is 17.7 Å². The molecule has 0 radical (unpaired) electrons. The van der Waals surface area contributed by atoms with E-state index in [2.05, 4.69) is 10.6 Å². The Morgan fingerprint density at radius 3 is 2.89 bits per heavy atom. The number of anilines is 1. The molecule has 106 valence electrons. The lowest BCUT2D eigenvalue weighted by molar-refractivity contribution is -0.115. The molecule has 0 aromatic heterocycles. The number of ether oxygens (including phenoxy) is 1. The molecule has 0 aliphatic rings. The van der Waals surface area contributed by atoms with Crippen molar-refractivity contribution in [2.45, 2.75) is 26.3 Å². The van der Waals surface area contributed by atoms with E-state index in [1.165, 1.54) is 0 Å². The van der Waals surface area contributed by atoms with Crippen LogP contribution in [0.25, 0.3) is 0 Å². The summed E-state index contributed by atoms with van der Waals surface area (Å²) in [5.41, 5.74) is 1.74. The lowest BCUT2D eigenvalue weighted by Gasteiger charge is -2.14. The zero-order valence-corrected chi connectivity index (χ0v) is 12.4. The van der Waals surface area contributed by atoms with Gasteiger partial charge in [-0.05, 0) is 38.0 Å². The first-order valence-corrected chi connectivity index (χ1v) is 6.69. The maximum absolute atomic E-state index is 11.8. The number of methoxy groups -OCH3 is 1. The van der Waals surface area contributed by atoms with Gasteiger partial charge in [-0.25, -0.2) is 0 Å². The molecule has 0 saturated carbocycles. The van der Waals surface area contributed by atoms with E-state index in [-0.39, 0.29) is 18.5 Å². The first-order chi connectivity index (χ1) is 9.02. The molecule has 0 aliphatic carbocycles. The fraction of sp³-hybridized carbons (Fsp3) is 0.500. The Labute approximate surface area is 119 Å². The van der Waals surface area contributed by atoms with Crippen LogP contribution >= 0.6 is 11.6 Å². The molecule has 4 nitrogen and oxygen atoms in total. The molecule has 0 aliphatic heterocycles. The van der Waals surface area contributed by atoms with Crippen LogP contribution in [-0.2, 0) is 9.53 Å². The maximum Gasteiger partial charge on any atom is 0.238 e. The van der Waals surface area contributed by atoms with Gasteiger partial charge in [0.15, 0.2) is 0 Å². The van der Waals surface area contributed by atoms with Crippen LogP contribution in [0.2, 0.25) is 5.02 Å². The molecule has 1 atom stereocenters. The minimum atomic E-state index is -0.0744. The number of hydrogen-bond donors (Lipinski definition) is 2. The van der Waals surface area contributed by atoms with E-state index in [9.17, 15) is 4.79 Å². The largest absolute Gasteiger partial charge is 0.385 e. The highest BCUT2D eigenvalue weighted by molar-refractivity contribution is 6.31. The SMILES string of the molecule is COCCC(C)NCC(=O)Nc1cc(Cl)ccc1C. The zero-order chi connectivity index (χ0) is 14.3. The number of amides is 1. The molecule has 19 heavy (non-hydrogen) atoms. The van der Waals surface area contributed by atoms with Crippen LogP contribution in [-0.4, -0.2) is 32.2 Å². The summed E-state index contributed by atoms with van der Waals surface area (Å²) in [6.45, 7) is 4.91. The van der Waals surface area contributed by atoms with Crippen LogP contribution in [0.15, 0.2) is 18.2 Å². The number of halogens is 1. The lowest BCUT2D eigenvalue weighted by atomic mass is 10.2. The fourth-order valence-electron chi connectivity index (χ4n) is 1.59. The number of aryl methyl sites for hydroxylation is 1. The number of carbonyl (C=O) groups is 1. The molecule has 1 aromatic carbocycles. The second kappa shape index (κ2) is 8.15. The van der Waals surface area contributed by atoms with Crippen LogP contribution in [0.4, 0.5) is 5.69 Å². The third kappa shape index (κ3) is 6.05. The highest BCUT2D eigenvalue weighted by Gasteiger charge is 2.07. The van der Waals surface area contributed by atoms with Crippen LogP contribution < -0.4 is 10.6 Å². The smallest absolute Gasteiger partial charge is 0.238 e. The Hall–Kier alpha value is -1.10. The van der Waals surface area contributed by atoms with Gasteiger partial charge < -0.3 is 15.4 Å². The maximum atomic E-state index is 11.8. The molecule has 1 rings (SSSR count). The summed E-state index contributed by atoms with van der Waals surface area (Å²) in [5, 5.41) is 6.61. The molecule has 1 aromatic rings. The van der Waals surface area contributed by atoms with Gasteiger partial charge in [-0.15, -0.1) is 0 Å². The normalized spacial score (nSPS) is 12.2. The first kappa shape index (κ1) is 16.0. The molecule has 2 N–H and O–H groups in total. The van der Waals surface area contributed by atoms with Gasteiger partial charge in [-0.1, -0.05) is 17.7 Å². The first-order valence-electron chi connectivity index (χ1n) is 6.31. The van der Waals surface area contributed by atoms with Gasteiger partial charge in [-0.3, -0.25) is 4.79 Å². The van der Waals surface area contributed by atoms with Crippen molar-refractivity contribution in [2.24, 2.45) is 0 Å². The molecule has 1 unspecified atom stereocenters. The van der Waals surface area contributed by atoms with E-state index in [1.807, 2.05) is 19.9 Å². The Morgan fingerprint density at radius 1 is 1.47 bits per heavy atom. The summed E-state index contributed by atoms with van der Waals surface area (Å²) in [5.74, 6) is -0.0744. The Kier molecular flexibility index (Phi) is 6.84. The predicted octanol–water partition coefficient (Wildman–Crippen LogP) is 2.60. The standard InChI is InChI=1S/C14H21ClN2O2/c1-10-4-5-12(15)8-13(10)17-14(18)9-16-11(2)6-7-19-3/h4-5,8,11,16H,6-7,9H2,1-3H3,(H,17,18). The van der Waals surface area contributed by atoms with Crippen LogP contribution in [0.1, 0.15) is 18.9 Å². The Morgan fingerprint density at radius 2 is 2.21 bits per heavy atom. The molecule has 0 fully saturated rings. The van der Waals surface area contributed by atoms with Crippen molar-refractivity contribution in [3.63, 3.8) is 0 Å². The second-order valence-corrected chi connectivity index (χ2v) is 5.01. The summed E-state index contributed by atoms with van der Waals surface area (Å²) in [4.78, 5) is 11.8. The van der Waals surface area contributed by atoms with Gasteiger partial charge in [-0.2, -0.15) is 0 Å². The number of benzene rings is 1. The summed E-state index contributed by atoms with van der Waals surface area (Å²) in [7, 11) is 1.67. The summed E-state index contributed by atoms with van der Waals surface area (Å²) in [6, 6.07) is 5.68. The van der Waals surface area contributed by atoms with Crippen LogP contribution in [0.5, 0.6) is 0 Å².